The average molecular weight is 345 g/mol. The highest BCUT2D eigenvalue weighted by Crippen LogP contribution is 2.23. The van der Waals surface area contributed by atoms with Crippen LogP contribution in [-0.2, 0) is 11.2 Å². The Bertz CT molecular complexity index is 807. The lowest BCUT2D eigenvalue weighted by Gasteiger charge is -2.03. The number of halogens is 1. The molecule has 3 rings (SSSR count). The van der Waals surface area contributed by atoms with Crippen molar-refractivity contribution in [1.29, 1.82) is 0 Å². The number of carbonyl (C=O) groups excluding carboxylic acids is 1. The highest BCUT2D eigenvalue weighted by Gasteiger charge is 2.08. The van der Waals surface area contributed by atoms with E-state index in [1.807, 2.05) is 29.6 Å². The Morgan fingerprint density at radius 3 is 2.87 bits per heavy atom. The summed E-state index contributed by atoms with van der Waals surface area (Å²) in [6, 6.07) is 11.0. The Hall–Kier alpha value is -2.44. The van der Waals surface area contributed by atoms with Gasteiger partial charge in [0.15, 0.2) is 5.13 Å². The second-order valence-corrected chi connectivity index (χ2v) is 6.04. The molecule has 0 aliphatic rings. The SMILES string of the molecule is O=C(Cc1csc(Nc2cccc(Cl)c2)n1)Nc1cccnc1. The first-order chi connectivity index (χ1) is 11.2. The normalized spacial score (nSPS) is 10.3. The van der Waals surface area contributed by atoms with Crippen LogP contribution in [-0.4, -0.2) is 15.9 Å². The molecule has 0 aliphatic carbocycles. The van der Waals surface area contributed by atoms with Crippen LogP contribution in [0, 0.1) is 0 Å². The Morgan fingerprint density at radius 2 is 2.09 bits per heavy atom. The molecule has 2 N–H and O–H groups in total. The summed E-state index contributed by atoms with van der Waals surface area (Å²) in [5, 5.41) is 9.18. The van der Waals surface area contributed by atoms with Gasteiger partial charge in [-0.3, -0.25) is 9.78 Å². The number of benzene rings is 1. The summed E-state index contributed by atoms with van der Waals surface area (Å²) in [6.45, 7) is 0. The third-order valence-electron chi connectivity index (χ3n) is 2.91. The molecule has 0 bridgehead atoms. The minimum absolute atomic E-state index is 0.127. The minimum atomic E-state index is -0.127. The Kier molecular flexibility index (Phi) is 4.85. The highest BCUT2D eigenvalue weighted by atomic mass is 35.5. The van der Waals surface area contributed by atoms with Gasteiger partial charge in [-0.15, -0.1) is 11.3 Å². The summed E-state index contributed by atoms with van der Waals surface area (Å²) in [5.41, 5.74) is 2.24. The van der Waals surface area contributed by atoms with Gasteiger partial charge < -0.3 is 10.6 Å². The van der Waals surface area contributed by atoms with Crippen molar-refractivity contribution in [2.24, 2.45) is 0 Å². The molecular weight excluding hydrogens is 332 g/mol. The maximum Gasteiger partial charge on any atom is 0.230 e. The molecule has 116 valence electrons. The summed E-state index contributed by atoms with van der Waals surface area (Å²) >= 11 is 7.39. The zero-order valence-electron chi connectivity index (χ0n) is 12.0. The molecule has 0 saturated heterocycles. The lowest BCUT2D eigenvalue weighted by atomic mass is 10.3. The molecule has 23 heavy (non-hydrogen) atoms. The first-order valence-corrected chi connectivity index (χ1v) is 8.12. The second-order valence-electron chi connectivity index (χ2n) is 4.75. The highest BCUT2D eigenvalue weighted by molar-refractivity contribution is 7.13. The number of amides is 1. The number of rotatable bonds is 5. The number of nitrogens with zero attached hydrogens (tertiary/aromatic N) is 2. The van der Waals surface area contributed by atoms with Crippen molar-refractivity contribution in [3.8, 4) is 0 Å². The van der Waals surface area contributed by atoms with E-state index in [1.54, 1.807) is 24.5 Å². The lowest BCUT2D eigenvalue weighted by molar-refractivity contribution is -0.115. The van der Waals surface area contributed by atoms with Crippen LogP contribution in [0.5, 0.6) is 0 Å². The number of hydrogen-bond donors (Lipinski definition) is 2. The van der Waals surface area contributed by atoms with Crippen molar-refractivity contribution < 1.29 is 4.79 Å². The lowest BCUT2D eigenvalue weighted by Crippen LogP contribution is -2.14. The van der Waals surface area contributed by atoms with Crippen molar-refractivity contribution in [2.45, 2.75) is 6.42 Å². The van der Waals surface area contributed by atoms with E-state index in [0.29, 0.717) is 16.4 Å². The molecule has 0 radical (unpaired) electrons. The van der Waals surface area contributed by atoms with Gasteiger partial charge in [-0.25, -0.2) is 4.98 Å². The van der Waals surface area contributed by atoms with Crippen LogP contribution in [0.2, 0.25) is 5.02 Å². The van der Waals surface area contributed by atoms with E-state index in [4.69, 9.17) is 11.6 Å². The fraction of sp³-hybridized carbons (Fsp3) is 0.0625. The Labute approximate surface area is 142 Å². The molecule has 0 fully saturated rings. The van der Waals surface area contributed by atoms with Gasteiger partial charge in [-0.2, -0.15) is 0 Å². The van der Waals surface area contributed by atoms with E-state index in [1.165, 1.54) is 11.3 Å². The summed E-state index contributed by atoms with van der Waals surface area (Å²) in [7, 11) is 0. The molecule has 0 saturated carbocycles. The first kappa shape index (κ1) is 15.5. The summed E-state index contributed by atoms with van der Waals surface area (Å²) < 4.78 is 0. The molecule has 2 aromatic heterocycles. The van der Waals surface area contributed by atoms with Crippen LogP contribution in [0.25, 0.3) is 0 Å². The number of aromatic nitrogens is 2. The van der Waals surface area contributed by atoms with Gasteiger partial charge in [0.1, 0.15) is 0 Å². The number of anilines is 3. The quantitative estimate of drug-likeness (QED) is 0.730. The number of pyridine rings is 1. The van der Waals surface area contributed by atoms with Crippen LogP contribution in [0.15, 0.2) is 54.2 Å². The van der Waals surface area contributed by atoms with Crippen molar-refractivity contribution in [3.63, 3.8) is 0 Å². The minimum Gasteiger partial charge on any atom is -0.331 e. The largest absolute Gasteiger partial charge is 0.331 e. The number of carbonyl (C=O) groups is 1. The van der Waals surface area contributed by atoms with Gasteiger partial charge >= 0.3 is 0 Å². The Morgan fingerprint density at radius 1 is 1.22 bits per heavy atom. The predicted octanol–water partition coefficient (Wildman–Crippen LogP) is 4.12. The van der Waals surface area contributed by atoms with Gasteiger partial charge in [0.05, 0.1) is 24.0 Å². The molecule has 2 heterocycles. The van der Waals surface area contributed by atoms with Crippen molar-refractivity contribution in [2.75, 3.05) is 10.6 Å². The van der Waals surface area contributed by atoms with Crippen molar-refractivity contribution in [1.82, 2.24) is 9.97 Å². The van der Waals surface area contributed by atoms with Crippen molar-refractivity contribution in [3.05, 3.63) is 64.9 Å². The third kappa shape index (κ3) is 4.51. The molecule has 7 heteroatoms. The topological polar surface area (TPSA) is 66.9 Å². The van der Waals surface area contributed by atoms with Crippen LogP contribution in [0.1, 0.15) is 5.69 Å². The number of nitrogens with one attached hydrogen (secondary N) is 2. The van der Waals surface area contributed by atoms with Gasteiger partial charge in [0.25, 0.3) is 0 Å². The molecular formula is C16H13ClN4OS. The zero-order chi connectivity index (χ0) is 16.1. The van der Waals surface area contributed by atoms with Gasteiger partial charge in [-0.1, -0.05) is 17.7 Å². The van der Waals surface area contributed by atoms with Crippen LogP contribution in [0.3, 0.4) is 0 Å². The first-order valence-electron chi connectivity index (χ1n) is 6.86. The van der Waals surface area contributed by atoms with E-state index in [9.17, 15) is 4.79 Å². The van der Waals surface area contributed by atoms with Gasteiger partial charge in [0, 0.05) is 22.3 Å². The second kappa shape index (κ2) is 7.21. The fourth-order valence-corrected chi connectivity index (χ4v) is 2.86. The van der Waals surface area contributed by atoms with Crippen molar-refractivity contribution >= 4 is 45.4 Å². The zero-order valence-corrected chi connectivity index (χ0v) is 13.6. The van der Waals surface area contributed by atoms with Gasteiger partial charge in [0.2, 0.25) is 5.91 Å². The third-order valence-corrected chi connectivity index (χ3v) is 3.96. The molecule has 0 unspecified atom stereocenters. The van der Waals surface area contributed by atoms with E-state index >= 15 is 0 Å². The summed E-state index contributed by atoms with van der Waals surface area (Å²) in [4.78, 5) is 20.3. The molecule has 5 nitrogen and oxygen atoms in total. The standard InChI is InChI=1S/C16H13ClN4OS/c17-11-3-1-4-12(7-11)20-16-21-14(10-23-16)8-15(22)19-13-5-2-6-18-9-13/h1-7,9-10H,8H2,(H,19,22)(H,20,21). The van der Waals surface area contributed by atoms with Crippen LogP contribution >= 0.6 is 22.9 Å². The van der Waals surface area contributed by atoms with E-state index in [2.05, 4.69) is 20.6 Å². The molecule has 0 spiro atoms. The maximum absolute atomic E-state index is 12.0. The van der Waals surface area contributed by atoms with E-state index < -0.39 is 0 Å². The molecule has 1 amide bonds. The molecule has 0 aliphatic heterocycles. The summed E-state index contributed by atoms with van der Waals surface area (Å²) in [5.74, 6) is -0.127. The fourth-order valence-electron chi connectivity index (χ4n) is 1.94. The van der Waals surface area contributed by atoms with Gasteiger partial charge in [-0.05, 0) is 30.3 Å². The average Bonchev–Trinajstić information content (AvgIpc) is 2.95. The summed E-state index contributed by atoms with van der Waals surface area (Å²) in [6.07, 6.45) is 3.47. The number of hydrogen-bond acceptors (Lipinski definition) is 5. The predicted molar refractivity (Wildman–Crippen MR) is 93.4 cm³/mol. The maximum atomic E-state index is 12.0. The number of thiazole rings is 1. The van der Waals surface area contributed by atoms with Crippen LogP contribution < -0.4 is 10.6 Å². The molecule has 1 aromatic carbocycles. The van der Waals surface area contributed by atoms with Crippen LogP contribution in [0.4, 0.5) is 16.5 Å². The molecule has 0 atom stereocenters. The monoisotopic (exact) mass is 344 g/mol. The Balaban J connectivity index is 1.60. The van der Waals surface area contributed by atoms with E-state index in [0.717, 1.165) is 10.8 Å². The molecule has 3 aromatic rings. The smallest absolute Gasteiger partial charge is 0.230 e. The van der Waals surface area contributed by atoms with E-state index in [-0.39, 0.29) is 12.3 Å².